The fourth-order valence-electron chi connectivity index (χ4n) is 3.17. The number of benzene rings is 2. The zero-order chi connectivity index (χ0) is 14.8. The van der Waals surface area contributed by atoms with Crippen molar-refractivity contribution in [3.8, 4) is 0 Å². The molecule has 110 valence electrons. The van der Waals surface area contributed by atoms with E-state index in [1.54, 1.807) is 0 Å². The molecule has 1 heterocycles. The number of piperidine rings is 1. The van der Waals surface area contributed by atoms with Gasteiger partial charge in [0.1, 0.15) is 0 Å². The lowest BCUT2D eigenvalue weighted by Crippen LogP contribution is -2.46. The first kappa shape index (κ1) is 14.4. The van der Waals surface area contributed by atoms with Gasteiger partial charge in [0.15, 0.2) is 0 Å². The molecule has 2 N–H and O–H groups in total. The third-order valence-corrected chi connectivity index (χ3v) is 4.44. The Morgan fingerprint density at radius 3 is 2.57 bits per heavy atom. The number of anilines is 1. The molecule has 0 saturated carbocycles. The Balaban J connectivity index is 1.83. The Hall–Kier alpha value is -1.51. The quantitative estimate of drug-likeness (QED) is 0.909. The van der Waals surface area contributed by atoms with Crippen LogP contribution in [0.5, 0.6) is 0 Å². The van der Waals surface area contributed by atoms with Crippen LogP contribution in [-0.4, -0.2) is 19.1 Å². The molecule has 1 aliphatic heterocycles. The van der Waals surface area contributed by atoms with Crippen molar-refractivity contribution in [3.63, 3.8) is 0 Å². The van der Waals surface area contributed by atoms with Gasteiger partial charge in [0.2, 0.25) is 0 Å². The van der Waals surface area contributed by atoms with E-state index in [2.05, 4.69) is 48.2 Å². The Morgan fingerprint density at radius 1 is 1.10 bits per heavy atom. The van der Waals surface area contributed by atoms with Crippen molar-refractivity contribution in [1.29, 1.82) is 0 Å². The summed E-state index contributed by atoms with van der Waals surface area (Å²) < 4.78 is 0. The van der Waals surface area contributed by atoms with E-state index in [4.69, 9.17) is 17.3 Å². The Kier molecular flexibility index (Phi) is 4.18. The molecule has 1 fully saturated rings. The fourth-order valence-corrected chi connectivity index (χ4v) is 3.29. The summed E-state index contributed by atoms with van der Waals surface area (Å²) in [7, 11) is 0. The maximum Gasteiger partial charge on any atom is 0.0407 e. The van der Waals surface area contributed by atoms with Gasteiger partial charge in [-0.25, -0.2) is 0 Å². The monoisotopic (exact) mass is 300 g/mol. The minimum atomic E-state index is 0.208. The fraction of sp³-hybridized carbons (Fsp3) is 0.333. The molecule has 2 aromatic carbocycles. The van der Waals surface area contributed by atoms with E-state index in [9.17, 15) is 0 Å². The van der Waals surface area contributed by atoms with Crippen LogP contribution in [0.1, 0.15) is 23.5 Å². The summed E-state index contributed by atoms with van der Waals surface area (Å²) in [4.78, 5) is 2.37. The number of nitrogens with two attached hydrogens (primary N) is 1. The normalized spacial score (nSPS) is 22.3. The Labute approximate surface area is 131 Å². The average Bonchev–Trinajstić information content (AvgIpc) is 2.47. The predicted octanol–water partition coefficient (Wildman–Crippen LogP) is 3.97. The Morgan fingerprint density at radius 2 is 1.86 bits per heavy atom. The largest absolute Gasteiger partial charge is 0.369 e. The van der Waals surface area contributed by atoms with Crippen LogP contribution in [0.2, 0.25) is 5.02 Å². The second-order valence-electron chi connectivity index (χ2n) is 5.99. The maximum atomic E-state index is 6.29. The molecule has 21 heavy (non-hydrogen) atoms. The maximum absolute atomic E-state index is 6.29. The van der Waals surface area contributed by atoms with Crippen molar-refractivity contribution in [2.75, 3.05) is 18.0 Å². The van der Waals surface area contributed by atoms with Crippen molar-refractivity contribution >= 4 is 17.3 Å². The van der Waals surface area contributed by atoms with Gasteiger partial charge in [-0.2, -0.15) is 0 Å². The topological polar surface area (TPSA) is 29.3 Å². The van der Waals surface area contributed by atoms with Crippen LogP contribution in [0.3, 0.4) is 0 Å². The van der Waals surface area contributed by atoms with Crippen LogP contribution in [0, 0.1) is 6.92 Å². The van der Waals surface area contributed by atoms with Gasteiger partial charge >= 0.3 is 0 Å². The van der Waals surface area contributed by atoms with Gasteiger partial charge in [0.25, 0.3) is 0 Å². The summed E-state index contributed by atoms with van der Waals surface area (Å²) in [6.07, 6.45) is 1.05. The van der Waals surface area contributed by atoms with E-state index in [0.29, 0.717) is 5.92 Å². The zero-order valence-electron chi connectivity index (χ0n) is 12.3. The molecule has 2 unspecified atom stereocenters. The first-order chi connectivity index (χ1) is 10.1. The summed E-state index contributed by atoms with van der Waals surface area (Å²) in [5, 5.41) is 0.773. The molecule has 0 amide bonds. The number of aryl methyl sites for hydroxylation is 1. The number of hydrogen-bond acceptors (Lipinski definition) is 2. The van der Waals surface area contributed by atoms with E-state index < -0.39 is 0 Å². The lowest BCUT2D eigenvalue weighted by molar-refractivity contribution is 0.454. The van der Waals surface area contributed by atoms with Crippen LogP contribution in [-0.2, 0) is 0 Å². The third-order valence-electron chi connectivity index (χ3n) is 4.19. The molecule has 2 nitrogen and oxygen atoms in total. The van der Waals surface area contributed by atoms with Gasteiger partial charge in [-0.15, -0.1) is 0 Å². The van der Waals surface area contributed by atoms with Crippen molar-refractivity contribution in [1.82, 2.24) is 0 Å². The Bertz CT molecular complexity index is 609. The summed E-state index contributed by atoms with van der Waals surface area (Å²) in [5.41, 5.74) is 10.2. The summed E-state index contributed by atoms with van der Waals surface area (Å²) >= 11 is 5.98. The van der Waals surface area contributed by atoms with Gasteiger partial charge in [0, 0.05) is 35.8 Å². The molecular weight excluding hydrogens is 280 g/mol. The molecule has 1 aliphatic rings. The van der Waals surface area contributed by atoms with Crippen molar-refractivity contribution < 1.29 is 0 Å². The number of nitrogens with zero attached hydrogens (tertiary/aromatic N) is 1. The van der Waals surface area contributed by atoms with Crippen LogP contribution in [0.25, 0.3) is 0 Å². The highest BCUT2D eigenvalue weighted by Gasteiger charge is 2.26. The molecule has 3 heteroatoms. The first-order valence-corrected chi connectivity index (χ1v) is 7.82. The molecule has 0 bridgehead atoms. The number of hydrogen-bond donors (Lipinski definition) is 1. The van der Waals surface area contributed by atoms with E-state index in [1.807, 2.05) is 12.1 Å². The molecule has 0 radical (unpaired) electrons. The molecule has 1 saturated heterocycles. The second-order valence-corrected chi connectivity index (χ2v) is 6.42. The lowest BCUT2D eigenvalue weighted by atomic mass is 9.87. The van der Waals surface area contributed by atoms with Crippen molar-refractivity contribution in [2.45, 2.75) is 25.3 Å². The van der Waals surface area contributed by atoms with Crippen LogP contribution in [0.15, 0.2) is 48.5 Å². The second kappa shape index (κ2) is 6.08. The van der Waals surface area contributed by atoms with Crippen molar-refractivity contribution in [2.24, 2.45) is 5.73 Å². The van der Waals surface area contributed by atoms with Crippen LogP contribution in [0.4, 0.5) is 5.69 Å². The highest BCUT2D eigenvalue weighted by molar-refractivity contribution is 6.30. The third kappa shape index (κ3) is 3.39. The summed E-state index contributed by atoms with van der Waals surface area (Å²) in [5.74, 6) is 0.490. The summed E-state index contributed by atoms with van der Waals surface area (Å²) in [6.45, 7) is 4.06. The first-order valence-electron chi connectivity index (χ1n) is 7.44. The van der Waals surface area contributed by atoms with Gasteiger partial charge in [-0.1, -0.05) is 41.4 Å². The van der Waals surface area contributed by atoms with Crippen LogP contribution >= 0.6 is 11.6 Å². The average molecular weight is 301 g/mol. The zero-order valence-corrected chi connectivity index (χ0v) is 13.1. The van der Waals surface area contributed by atoms with Gasteiger partial charge < -0.3 is 10.6 Å². The van der Waals surface area contributed by atoms with E-state index >= 15 is 0 Å². The van der Waals surface area contributed by atoms with E-state index in [1.165, 1.54) is 16.8 Å². The minimum Gasteiger partial charge on any atom is -0.369 e. The smallest absolute Gasteiger partial charge is 0.0407 e. The predicted molar refractivity (Wildman–Crippen MR) is 90.2 cm³/mol. The van der Waals surface area contributed by atoms with Crippen molar-refractivity contribution in [3.05, 3.63) is 64.7 Å². The van der Waals surface area contributed by atoms with Gasteiger partial charge in [0.05, 0.1) is 0 Å². The highest BCUT2D eigenvalue weighted by atomic mass is 35.5. The molecule has 0 spiro atoms. The standard InChI is InChI=1S/C18H21ClN2/c1-13-3-2-4-14(9-13)15-10-17(20)12-21(11-15)18-7-5-16(19)6-8-18/h2-9,15,17H,10-12,20H2,1H3. The molecular formula is C18H21ClN2. The van der Waals surface area contributed by atoms with Crippen LogP contribution < -0.4 is 10.6 Å². The van der Waals surface area contributed by atoms with E-state index in [-0.39, 0.29) is 6.04 Å². The minimum absolute atomic E-state index is 0.208. The van der Waals surface area contributed by atoms with E-state index in [0.717, 1.165) is 24.5 Å². The molecule has 3 rings (SSSR count). The summed E-state index contributed by atoms with van der Waals surface area (Å²) in [6, 6.07) is 17.0. The highest BCUT2D eigenvalue weighted by Crippen LogP contribution is 2.30. The SMILES string of the molecule is Cc1cccc(C2CC(N)CN(c3ccc(Cl)cc3)C2)c1. The molecule has 2 aromatic rings. The molecule has 0 aromatic heterocycles. The number of rotatable bonds is 2. The van der Waals surface area contributed by atoms with Gasteiger partial charge in [-0.05, 0) is 43.2 Å². The molecule has 2 atom stereocenters. The van der Waals surface area contributed by atoms with Gasteiger partial charge in [-0.3, -0.25) is 0 Å². The number of halogens is 1. The molecule has 0 aliphatic carbocycles. The lowest BCUT2D eigenvalue weighted by Gasteiger charge is -2.38.